The fourth-order valence-corrected chi connectivity index (χ4v) is 2.00. The Morgan fingerprint density at radius 1 is 1.21 bits per heavy atom. The zero-order valence-corrected chi connectivity index (χ0v) is 12.9. The number of nitrogens with one attached hydrogen (secondary N) is 1. The maximum Gasteiger partial charge on any atom is 0.283 e. The standard InChI is InChI=1S/C15H12ClN3O5/c16-9-1-6-12(13(7-9)19(22)23)15(21)18-10-2-4-11(5-3-10)24-8-14(17)20/h1-7H,8H2,(H2,17,20)(H,18,21). The third-order valence-corrected chi connectivity index (χ3v) is 3.13. The average molecular weight is 350 g/mol. The smallest absolute Gasteiger partial charge is 0.283 e. The molecule has 0 aromatic heterocycles. The molecule has 8 nitrogen and oxygen atoms in total. The molecule has 3 N–H and O–H groups in total. The van der Waals surface area contributed by atoms with Gasteiger partial charge in [0.05, 0.1) is 4.92 Å². The predicted octanol–water partition coefficient (Wildman–Crippen LogP) is 2.36. The number of halogens is 1. The number of carbonyl (C=O) groups is 2. The normalized spacial score (nSPS) is 10.0. The molecular formula is C15H12ClN3O5. The van der Waals surface area contributed by atoms with Crippen LogP contribution in [0.4, 0.5) is 11.4 Å². The third kappa shape index (κ3) is 4.43. The van der Waals surface area contributed by atoms with Crippen LogP contribution in [-0.4, -0.2) is 23.3 Å². The molecule has 124 valence electrons. The van der Waals surface area contributed by atoms with E-state index in [1.54, 1.807) is 0 Å². The van der Waals surface area contributed by atoms with Gasteiger partial charge >= 0.3 is 0 Å². The maximum absolute atomic E-state index is 12.2. The van der Waals surface area contributed by atoms with E-state index in [1.165, 1.54) is 36.4 Å². The number of hydrogen-bond donors (Lipinski definition) is 2. The quantitative estimate of drug-likeness (QED) is 0.611. The predicted molar refractivity (Wildman–Crippen MR) is 87.2 cm³/mol. The van der Waals surface area contributed by atoms with Gasteiger partial charge < -0.3 is 15.8 Å². The highest BCUT2D eigenvalue weighted by molar-refractivity contribution is 6.31. The van der Waals surface area contributed by atoms with Crippen molar-refractivity contribution in [2.24, 2.45) is 5.73 Å². The van der Waals surface area contributed by atoms with Crippen LogP contribution in [-0.2, 0) is 4.79 Å². The molecule has 2 rings (SSSR count). The summed E-state index contributed by atoms with van der Waals surface area (Å²) in [5.74, 6) is -0.865. The van der Waals surface area contributed by atoms with E-state index in [1.807, 2.05) is 0 Å². The Bertz CT molecular complexity index is 792. The van der Waals surface area contributed by atoms with Crippen molar-refractivity contribution in [2.45, 2.75) is 0 Å². The number of ether oxygens (including phenoxy) is 1. The lowest BCUT2D eigenvalue weighted by molar-refractivity contribution is -0.385. The molecule has 9 heteroatoms. The minimum atomic E-state index is -0.679. The molecule has 0 bridgehead atoms. The number of amides is 2. The van der Waals surface area contributed by atoms with Gasteiger partial charge in [-0.05, 0) is 36.4 Å². The lowest BCUT2D eigenvalue weighted by atomic mass is 10.1. The zero-order chi connectivity index (χ0) is 17.7. The van der Waals surface area contributed by atoms with E-state index in [4.69, 9.17) is 22.1 Å². The van der Waals surface area contributed by atoms with Crippen molar-refractivity contribution in [3.8, 4) is 5.75 Å². The third-order valence-electron chi connectivity index (χ3n) is 2.89. The number of carbonyl (C=O) groups excluding carboxylic acids is 2. The van der Waals surface area contributed by atoms with E-state index in [2.05, 4.69) is 5.32 Å². The molecule has 0 heterocycles. The summed E-state index contributed by atoms with van der Waals surface area (Å²) in [5, 5.41) is 13.7. The minimum Gasteiger partial charge on any atom is -0.484 e. The molecule has 0 aliphatic carbocycles. The van der Waals surface area contributed by atoms with Gasteiger partial charge in [0.15, 0.2) is 6.61 Å². The molecule has 0 radical (unpaired) electrons. The molecule has 0 unspecified atom stereocenters. The Hall–Kier alpha value is -3.13. The summed E-state index contributed by atoms with van der Waals surface area (Å²) in [7, 11) is 0. The number of benzene rings is 2. The van der Waals surface area contributed by atoms with E-state index in [0.717, 1.165) is 6.07 Å². The SMILES string of the molecule is NC(=O)COc1ccc(NC(=O)c2ccc(Cl)cc2[N+](=O)[O-])cc1. The van der Waals surface area contributed by atoms with E-state index < -0.39 is 16.7 Å². The Labute approximate surface area is 141 Å². The van der Waals surface area contributed by atoms with Crippen molar-refractivity contribution in [2.75, 3.05) is 11.9 Å². The van der Waals surface area contributed by atoms with Gasteiger partial charge in [0, 0.05) is 16.8 Å². The van der Waals surface area contributed by atoms with Gasteiger partial charge in [-0.25, -0.2) is 0 Å². The monoisotopic (exact) mass is 349 g/mol. The van der Waals surface area contributed by atoms with Gasteiger partial charge in [-0.1, -0.05) is 11.6 Å². The number of anilines is 1. The first kappa shape index (κ1) is 17.2. The molecule has 2 amide bonds. The highest BCUT2D eigenvalue weighted by Gasteiger charge is 2.20. The molecule has 0 saturated heterocycles. The second kappa shape index (κ2) is 7.42. The summed E-state index contributed by atoms with van der Waals surface area (Å²) in [4.78, 5) is 33.2. The number of hydrogen-bond acceptors (Lipinski definition) is 5. The van der Waals surface area contributed by atoms with Crippen LogP contribution in [0.1, 0.15) is 10.4 Å². The fourth-order valence-electron chi connectivity index (χ4n) is 1.84. The van der Waals surface area contributed by atoms with Gasteiger partial charge in [-0.15, -0.1) is 0 Å². The summed E-state index contributed by atoms with van der Waals surface area (Å²) in [6.07, 6.45) is 0. The average Bonchev–Trinajstić information content (AvgIpc) is 2.53. The molecule has 0 fully saturated rings. The van der Waals surface area contributed by atoms with Crippen LogP contribution < -0.4 is 15.8 Å². The van der Waals surface area contributed by atoms with E-state index >= 15 is 0 Å². The highest BCUT2D eigenvalue weighted by atomic mass is 35.5. The fraction of sp³-hybridized carbons (Fsp3) is 0.0667. The Morgan fingerprint density at radius 3 is 2.46 bits per heavy atom. The Morgan fingerprint density at radius 2 is 1.88 bits per heavy atom. The molecule has 0 spiro atoms. The van der Waals surface area contributed by atoms with Crippen LogP contribution in [0.5, 0.6) is 5.75 Å². The summed E-state index contributed by atoms with van der Waals surface area (Å²) < 4.78 is 5.08. The van der Waals surface area contributed by atoms with Crippen LogP contribution in [0.3, 0.4) is 0 Å². The molecule has 0 saturated carbocycles. The van der Waals surface area contributed by atoms with Crippen molar-refractivity contribution in [3.05, 3.63) is 63.2 Å². The summed E-state index contributed by atoms with van der Waals surface area (Å²) in [5.41, 5.74) is 4.86. The second-order valence-electron chi connectivity index (χ2n) is 4.65. The number of nitrogens with two attached hydrogens (primary N) is 1. The Balaban J connectivity index is 2.12. The number of rotatable bonds is 6. The van der Waals surface area contributed by atoms with Crippen molar-refractivity contribution in [3.63, 3.8) is 0 Å². The highest BCUT2D eigenvalue weighted by Crippen LogP contribution is 2.24. The van der Waals surface area contributed by atoms with E-state index in [9.17, 15) is 19.7 Å². The molecule has 24 heavy (non-hydrogen) atoms. The van der Waals surface area contributed by atoms with E-state index in [-0.39, 0.29) is 22.9 Å². The summed E-state index contributed by atoms with van der Waals surface area (Å²) in [6.45, 7) is -0.261. The van der Waals surface area contributed by atoms with Crippen molar-refractivity contribution >= 4 is 34.8 Å². The summed E-state index contributed by atoms with van der Waals surface area (Å²) in [6, 6.07) is 9.87. The molecule has 2 aromatic rings. The Kier molecular flexibility index (Phi) is 5.33. The van der Waals surface area contributed by atoms with Gasteiger partial charge in [0.25, 0.3) is 17.5 Å². The molecule has 0 aliphatic heterocycles. The van der Waals surface area contributed by atoms with E-state index in [0.29, 0.717) is 11.4 Å². The number of primary amides is 1. The zero-order valence-electron chi connectivity index (χ0n) is 12.2. The number of nitrogens with zero attached hydrogens (tertiary/aromatic N) is 1. The van der Waals surface area contributed by atoms with Crippen LogP contribution in [0.15, 0.2) is 42.5 Å². The second-order valence-corrected chi connectivity index (χ2v) is 5.09. The molecule has 0 aliphatic rings. The molecular weight excluding hydrogens is 338 g/mol. The van der Waals surface area contributed by atoms with Crippen molar-refractivity contribution in [1.29, 1.82) is 0 Å². The number of nitro groups is 1. The lowest BCUT2D eigenvalue weighted by Gasteiger charge is -2.08. The van der Waals surface area contributed by atoms with Crippen molar-refractivity contribution in [1.82, 2.24) is 0 Å². The van der Waals surface area contributed by atoms with Gasteiger partial charge in [0.1, 0.15) is 11.3 Å². The molecule has 2 aromatic carbocycles. The molecule has 0 atom stereocenters. The number of nitro benzene ring substituents is 1. The topological polar surface area (TPSA) is 125 Å². The van der Waals surface area contributed by atoms with Crippen LogP contribution >= 0.6 is 11.6 Å². The van der Waals surface area contributed by atoms with Gasteiger partial charge in [-0.2, -0.15) is 0 Å². The first-order chi connectivity index (χ1) is 11.4. The van der Waals surface area contributed by atoms with Crippen LogP contribution in [0.2, 0.25) is 5.02 Å². The van der Waals surface area contributed by atoms with Gasteiger partial charge in [0.2, 0.25) is 0 Å². The summed E-state index contributed by atoms with van der Waals surface area (Å²) >= 11 is 5.71. The van der Waals surface area contributed by atoms with Gasteiger partial charge in [-0.3, -0.25) is 19.7 Å². The minimum absolute atomic E-state index is 0.113. The van der Waals surface area contributed by atoms with Crippen molar-refractivity contribution < 1.29 is 19.2 Å². The first-order valence-corrected chi connectivity index (χ1v) is 7.01. The first-order valence-electron chi connectivity index (χ1n) is 6.63. The maximum atomic E-state index is 12.2. The lowest BCUT2D eigenvalue weighted by Crippen LogP contribution is -2.20. The largest absolute Gasteiger partial charge is 0.484 e. The van der Waals surface area contributed by atoms with Crippen LogP contribution in [0.25, 0.3) is 0 Å². The van der Waals surface area contributed by atoms with Crippen LogP contribution in [0, 0.1) is 10.1 Å².